The van der Waals surface area contributed by atoms with Crippen LogP contribution < -0.4 is 15.2 Å². The number of benzene rings is 1. The molecule has 100 valence electrons. The number of aromatic nitrogens is 2. The summed E-state index contributed by atoms with van der Waals surface area (Å²) in [6, 6.07) is 5.55. The van der Waals surface area contributed by atoms with Crippen molar-refractivity contribution in [3.05, 3.63) is 37.2 Å². The zero-order chi connectivity index (χ0) is 13.8. The molecule has 19 heavy (non-hydrogen) atoms. The summed E-state index contributed by atoms with van der Waals surface area (Å²) in [6.45, 7) is 4.31. The van der Waals surface area contributed by atoms with Crippen molar-refractivity contribution in [1.82, 2.24) is 9.55 Å². The van der Waals surface area contributed by atoms with Gasteiger partial charge in [0, 0.05) is 18.2 Å². The van der Waals surface area contributed by atoms with Crippen LogP contribution in [0.15, 0.2) is 37.2 Å². The average Bonchev–Trinajstić information content (AvgIpc) is 2.80. The summed E-state index contributed by atoms with van der Waals surface area (Å²) in [7, 11) is 3.22. The number of nitrogens with zero attached hydrogens (tertiary/aromatic N) is 2. The third-order valence-corrected chi connectivity index (χ3v) is 2.83. The highest BCUT2D eigenvalue weighted by Crippen LogP contribution is 2.31. The molecule has 0 radical (unpaired) electrons. The monoisotopic (exact) mass is 259 g/mol. The van der Waals surface area contributed by atoms with Gasteiger partial charge in [-0.3, -0.25) is 0 Å². The lowest BCUT2D eigenvalue weighted by atomic mass is 10.1. The molecule has 0 fully saturated rings. The highest BCUT2D eigenvalue weighted by atomic mass is 16.5. The van der Waals surface area contributed by atoms with E-state index in [2.05, 4.69) is 11.6 Å². The number of nitrogen functional groups attached to an aromatic ring is 1. The second kappa shape index (κ2) is 5.48. The first-order valence-electron chi connectivity index (χ1n) is 5.84. The molecular weight excluding hydrogens is 242 g/mol. The molecule has 5 heteroatoms. The van der Waals surface area contributed by atoms with Gasteiger partial charge in [-0.25, -0.2) is 4.98 Å². The van der Waals surface area contributed by atoms with E-state index < -0.39 is 0 Å². The quantitative estimate of drug-likeness (QED) is 0.837. The van der Waals surface area contributed by atoms with Crippen molar-refractivity contribution in [2.45, 2.75) is 6.54 Å². The van der Waals surface area contributed by atoms with E-state index in [1.165, 1.54) is 0 Å². The Morgan fingerprint density at radius 1 is 1.26 bits per heavy atom. The van der Waals surface area contributed by atoms with E-state index in [1.54, 1.807) is 32.7 Å². The number of anilines is 1. The van der Waals surface area contributed by atoms with Gasteiger partial charge < -0.3 is 19.8 Å². The zero-order valence-corrected chi connectivity index (χ0v) is 11.1. The van der Waals surface area contributed by atoms with Crippen molar-refractivity contribution in [1.29, 1.82) is 0 Å². The smallest absolute Gasteiger partial charge is 0.131 e. The van der Waals surface area contributed by atoms with E-state index in [9.17, 15) is 0 Å². The van der Waals surface area contributed by atoms with Crippen LogP contribution in [0.4, 0.5) is 5.82 Å². The predicted molar refractivity (Wildman–Crippen MR) is 75.4 cm³/mol. The minimum Gasteiger partial charge on any atom is -0.497 e. The lowest BCUT2D eigenvalue weighted by Gasteiger charge is -2.08. The van der Waals surface area contributed by atoms with Crippen molar-refractivity contribution >= 4 is 5.82 Å². The molecule has 5 nitrogen and oxygen atoms in total. The Bertz CT molecular complexity index is 568. The number of allylic oxidation sites excluding steroid dienone is 1. The van der Waals surface area contributed by atoms with Crippen molar-refractivity contribution < 1.29 is 9.47 Å². The number of ether oxygens (including phenoxy) is 2. The summed E-state index contributed by atoms with van der Waals surface area (Å²) in [5, 5.41) is 0. The molecular formula is C14H17N3O2. The predicted octanol–water partition coefficient (Wildman–Crippen LogP) is 2.34. The zero-order valence-electron chi connectivity index (χ0n) is 11.1. The summed E-state index contributed by atoms with van der Waals surface area (Å²) in [5.74, 6) is 1.99. The molecule has 1 heterocycles. The van der Waals surface area contributed by atoms with Crippen LogP contribution in [0.1, 0.15) is 0 Å². The van der Waals surface area contributed by atoms with Gasteiger partial charge >= 0.3 is 0 Å². The number of rotatable bonds is 5. The Kier molecular flexibility index (Phi) is 3.75. The van der Waals surface area contributed by atoms with Gasteiger partial charge in [0.2, 0.25) is 0 Å². The standard InChI is InChI=1S/C14H17N3O2/c1-4-5-17-9-16-13(14(17)15)10-6-11(18-2)8-12(7-10)19-3/h4,6-9H,1,5,15H2,2-3H3. The third-order valence-electron chi connectivity index (χ3n) is 2.83. The fraction of sp³-hybridized carbons (Fsp3) is 0.214. The van der Waals surface area contributed by atoms with Crippen molar-refractivity contribution in [3.8, 4) is 22.8 Å². The van der Waals surface area contributed by atoms with Crippen molar-refractivity contribution in [3.63, 3.8) is 0 Å². The average molecular weight is 259 g/mol. The van der Waals surface area contributed by atoms with Crippen LogP contribution in [0, 0.1) is 0 Å². The second-order valence-electron chi connectivity index (χ2n) is 4.02. The first kappa shape index (κ1) is 13.0. The Morgan fingerprint density at radius 3 is 2.42 bits per heavy atom. The molecule has 0 saturated carbocycles. The van der Waals surface area contributed by atoms with Crippen molar-refractivity contribution in [2.75, 3.05) is 20.0 Å². The summed E-state index contributed by atoms with van der Waals surface area (Å²) < 4.78 is 12.3. The number of imidazole rings is 1. The van der Waals surface area contributed by atoms with Gasteiger partial charge in [-0.2, -0.15) is 0 Å². The van der Waals surface area contributed by atoms with Crippen LogP contribution in [0.2, 0.25) is 0 Å². The first-order valence-corrected chi connectivity index (χ1v) is 5.84. The molecule has 0 aliphatic heterocycles. The fourth-order valence-electron chi connectivity index (χ4n) is 1.84. The number of nitrogens with two attached hydrogens (primary N) is 1. The highest BCUT2D eigenvalue weighted by molar-refractivity contribution is 5.73. The van der Waals surface area contributed by atoms with E-state index in [1.807, 2.05) is 16.7 Å². The summed E-state index contributed by atoms with van der Waals surface area (Å²) >= 11 is 0. The maximum absolute atomic E-state index is 6.08. The maximum Gasteiger partial charge on any atom is 0.131 e. The third kappa shape index (κ3) is 2.54. The van der Waals surface area contributed by atoms with Gasteiger partial charge in [0.05, 0.1) is 20.5 Å². The van der Waals surface area contributed by atoms with Crippen LogP contribution >= 0.6 is 0 Å². The van der Waals surface area contributed by atoms with Gasteiger partial charge in [-0.15, -0.1) is 6.58 Å². The van der Waals surface area contributed by atoms with E-state index in [-0.39, 0.29) is 0 Å². The van der Waals surface area contributed by atoms with Crippen LogP contribution in [0.3, 0.4) is 0 Å². The topological polar surface area (TPSA) is 62.3 Å². The highest BCUT2D eigenvalue weighted by Gasteiger charge is 2.11. The van der Waals surface area contributed by atoms with E-state index in [0.29, 0.717) is 29.6 Å². The molecule has 0 spiro atoms. The molecule has 0 amide bonds. The molecule has 1 aromatic heterocycles. The van der Waals surface area contributed by atoms with Gasteiger partial charge in [0.1, 0.15) is 23.0 Å². The molecule has 0 atom stereocenters. The fourth-order valence-corrected chi connectivity index (χ4v) is 1.84. The molecule has 0 saturated heterocycles. The molecule has 0 unspecified atom stereocenters. The van der Waals surface area contributed by atoms with Gasteiger partial charge in [0.25, 0.3) is 0 Å². The van der Waals surface area contributed by atoms with Gasteiger partial charge in [-0.05, 0) is 12.1 Å². The molecule has 0 aliphatic rings. The number of hydrogen-bond acceptors (Lipinski definition) is 4. The number of hydrogen-bond donors (Lipinski definition) is 1. The minimum atomic E-state index is 0.593. The Morgan fingerprint density at radius 2 is 1.89 bits per heavy atom. The summed E-state index contributed by atoms with van der Waals surface area (Å²) in [6.07, 6.45) is 3.46. The van der Waals surface area contributed by atoms with E-state index in [4.69, 9.17) is 15.2 Å². The molecule has 2 aromatic rings. The maximum atomic E-state index is 6.08. The largest absolute Gasteiger partial charge is 0.497 e. The molecule has 0 aliphatic carbocycles. The minimum absolute atomic E-state index is 0.593. The lowest BCUT2D eigenvalue weighted by Crippen LogP contribution is -2.00. The van der Waals surface area contributed by atoms with E-state index >= 15 is 0 Å². The summed E-state index contributed by atoms with van der Waals surface area (Å²) in [4.78, 5) is 4.33. The van der Waals surface area contributed by atoms with E-state index in [0.717, 1.165) is 5.56 Å². The Labute approximate surface area is 112 Å². The molecule has 0 bridgehead atoms. The summed E-state index contributed by atoms with van der Waals surface area (Å²) in [5.41, 5.74) is 7.64. The molecule has 1 aromatic carbocycles. The molecule has 2 N–H and O–H groups in total. The number of methoxy groups -OCH3 is 2. The van der Waals surface area contributed by atoms with Gasteiger partial charge in [-0.1, -0.05) is 6.08 Å². The second-order valence-corrected chi connectivity index (χ2v) is 4.02. The van der Waals surface area contributed by atoms with Crippen LogP contribution in [0.25, 0.3) is 11.3 Å². The Hall–Kier alpha value is -2.43. The lowest BCUT2D eigenvalue weighted by molar-refractivity contribution is 0.394. The molecule has 2 rings (SSSR count). The van der Waals surface area contributed by atoms with Crippen LogP contribution in [0.5, 0.6) is 11.5 Å². The first-order chi connectivity index (χ1) is 9.19. The van der Waals surface area contributed by atoms with Crippen LogP contribution in [-0.2, 0) is 6.54 Å². The normalized spacial score (nSPS) is 10.2. The van der Waals surface area contributed by atoms with Crippen molar-refractivity contribution in [2.24, 2.45) is 0 Å². The van der Waals surface area contributed by atoms with Gasteiger partial charge in [0.15, 0.2) is 0 Å². The Balaban J connectivity index is 2.48. The SMILES string of the molecule is C=CCn1cnc(-c2cc(OC)cc(OC)c2)c1N. The van der Waals surface area contributed by atoms with Crippen LogP contribution in [-0.4, -0.2) is 23.8 Å².